The molecular formula is C122H222O20Si6. The van der Waals surface area contributed by atoms with Gasteiger partial charge in [-0.1, -0.05) is 251 Å². The van der Waals surface area contributed by atoms with Crippen LogP contribution in [0, 0.1) is 71.0 Å². The van der Waals surface area contributed by atoms with E-state index in [1.54, 1.807) is 6.08 Å². The Labute approximate surface area is 910 Å². The van der Waals surface area contributed by atoms with Crippen LogP contribution in [0.25, 0.3) is 0 Å². The van der Waals surface area contributed by atoms with Gasteiger partial charge in [-0.25, -0.2) is 0 Å². The van der Waals surface area contributed by atoms with Crippen LogP contribution < -0.4 is 0 Å². The molecule has 0 aromatic carbocycles. The SMILES string of the molecule is C=CC[C@@H]1O[C@@H]([C@H](/C=C/C(=O)CC[C@H]2CC(=C)[C@H](CCC3C[C@@H](C)C(=C)[C@@H](C[C@@H]4O[C@H](C[C@H](C)CO[Si](C)(C)C(C)(C)C)[C@H](C)[C@H]4CC(=O)OC)O3)O2)O[Si](C)(C)C(C)(C)C)[C@@H](O[Si](C)(C)C(C)(C)C)[C@@H](C)[C@H]1C.C=CC[C@@H]1O[C@@H]([C@H](/C=C/C(O)CC[C@H]2CC(=C)[C@H](CCC3C[C@@H](C)C(=C)[C@@H](C[C@@H]4O[C@H](C[C@H](C)CO[Si](C)(C)C(C)(C)C)[C@H](C)[C@H]4CC(=O)OC)O3)O2)O[Si](C)(C)C(C)(C)C)[C@@H](O[Si](C)(C)C(C)(C)C)[C@@H](C)[C@H]1C. The third-order valence-corrected chi connectivity index (χ3v) is 65.8. The van der Waals surface area contributed by atoms with Crippen molar-refractivity contribution in [3.63, 3.8) is 0 Å². The number of aliphatic hydroxyl groups excluding tert-OH is 1. The number of hydrogen-bond donors (Lipinski definition) is 1. The standard InChI is InChI=1S/C61H112O10Si3.C61H110O10Si3/c2*1-25-26-51-43(6)44(7)57(71-74(23,24)61(15,16)17)58(69-51)52(70-73(21,22)60(12,13)14)31-28-46(62)27-29-47-35-41(4)50(66-47)32-30-48-34-40(3)42(5)54(67-48)37-55-49(36-56(63)64-18)45(8)53(68-55)33-39(2)38-65-72(19,20)59(9,10)11/h25,28,31,39-40,43-55,57-58,62H,1,4-5,26-27,29-30,32-38H2,2-3,6-24H3;25,28,31,39-40,43-45,47-55,57-58H,1,4-5,26-27,29-30,32-38H2,2-3,6-24H3/b2*31-28+/t39-,40+,43+,44-,45+,46?,47-,48?,49+,50-,51-,52-,53+,54+,55-,57-,58-;39-,40+,43+,44-,45+,47-,48?,49+,50-,51-,52-,53+,54+,55-,57-,58-/m00/s1. The minimum absolute atomic E-state index is 0.00114. The molecule has 854 valence electrons. The maximum absolute atomic E-state index is 13.9. The lowest BCUT2D eigenvalue weighted by atomic mass is 9.79. The summed E-state index contributed by atoms with van der Waals surface area (Å²) in [6.45, 7) is 119. The number of carbonyl (C=O) groups excluding carboxylic acids is 3. The van der Waals surface area contributed by atoms with Crippen molar-refractivity contribution in [2.24, 2.45) is 71.0 Å². The second-order valence-corrected chi connectivity index (χ2v) is 85.3. The molecule has 8 rings (SSSR count). The summed E-state index contributed by atoms with van der Waals surface area (Å²) >= 11 is 0. The fourth-order valence-corrected chi connectivity index (χ4v) is 29.0. The van der Waals surface area contributed by atoms with Gasteiger partial charge in [0.05, 0.1) is 143 Å². The summed E-state index contributed by atoms with van der Waals surface area (Å²) in [6.07, 6.45) is 22.4. The molecule has 8 heterocycles. The Morgan fingerprint density at radius 3 is 1.07 bits per heavy atom. The van der Waals surface area contributed by atoms with E-state index in [2.05, 4.69) is 318 Å². The Morgan fingerprint density at radius 2 is 0.736 bits per heavy atom. The first kappa shape index (κ1) is 132. The highest BCUT2D eigenvalue weighted by molar-refractivity contribution is 6.76. The molecule has 0 amide bonds. The smallest absolute Gasteiger partial charge is 0.305 e. The van der Waals surface area contributed by atoms with E-state index >= 15 is 0 Å². The highest BCUT2D eigenvalue weighted by Crippen LogP contribution is 2.53. The van der Waals surface area contributed by atoms with Crippen molar-refractivity contribution in [3.8, 4) is 0 Å². The van der Waals surface area contributed by atoms with Crippen molar-refractivity contribution in [2.45, 2.75) is 559 Å². The Morgan fingerprint density at radius 1 is 0.399 bits per heavy atom. The normalized spacial score (nSPS) is 33.0. The first-order valence-electron chi connectivity index (χ1n) is 57.7. The number of ether oxygens (including phenoxy) is 10. The summed E-state index contributed by atoms with van der Waals surface area (Å²) in [4.78, 5) is 39.5. The topological polar surface area (TPSA) is 219 Å². The Bertz CT molecular complexity index is 4300. The Kier molecular flexibility index (Phi) is 48.6. The minimum atomic E-state index is -2.33. The van der Waals surface area contributed by atoms with Gasteiger partial charge in [-0.2, -0.15) is 0 Å². The third-order valence-electron chi connectivity index (χ3n) is 38.9. The number of esters is 2. The van der Waals surface area contributed by atoms with Crippen molar-refractivity contribution < 1.29 is 93.4 Å². The summed E-state index contributed by atoms with van der Waals surface area (Å²) < 4.78 is 108. The van der Waals surface area contributed by atoms with E-state index in [0.717, 1.165) is 106 Å². The van der Waals surface area contributed by atoms with Crippen LogP contribution >= 0.6 is 0 Å². The summed E-state index contributed by atoms with van der Waals surface area (Å²) in [6, 6.07) is 0. The van der Waals surface area contributed by atoms with Crippen LogP contribution in [0.1, 0.15) is 322 Å². The zero-order valence-corrected chi connectivity index (χ0v) is 108. The van der Waals surface area contributed by atoms with E-state index in [1.807, 2.05) is 24.3 Å². The van der Waals surface area contributed by atoms with Crippen LogP contribution in [0.3, 0.4) is 0 Å². The molecule has 3 unspecified atom stereocenters. The van der Waals surface area contributed by atoms with Crippen molar-refractivity contribution in [1.82, 2.24) is 0 Å². The van der Waals surface area contributed by atoms with Gasteiger partial charge in [0.25, 0.3) is 0 Å². The van der Waals surface area contributed by atoms with Gasteiger partial charge in [-0.3, -0.25) is 14.4 Å². The summed E-state index contributed by atoms with van der Waals surface area (Å²) in [5.74, 6) is 2.29. The summed E-state index contributed by atoms with van der Waals surface area (Å²) in [5.41, 5.74) is 4.40. The van der Waals surface area contributed by atoms with Crippen LogP contribution in [-0.4, -0.2) is 228 Å². The Hall–Kier alpha value is -2.77. The molecule has 0 aromatic heterocycles. The van der Waals surface area contributed by atoms with E-state index in [-0.39, 0.29) is 211 Å². The van der Waals surface area contributed by atoms with Gasteiger partial charge in [0.15, 0.2) is 55.7 Å². The molecular weight excluding hydrogens is 1950 g/mol. The number of hydrogen-bond acceptors (Lipinski definition) is 20. The van der Waals surface area contributed by atoms with E-state index in [0.29, 0.717) is 75.9 Å². The van der Waals surface area contributed by atoms with Crippen LogP contribution in [-0.2, 0) is 88.3 Å². The largest absolute Gasteiger partial charge is 0.469 e. The predicted octanol–water partition coefficient (Wildman–Crippen LogP) is 30.1. The number of methoxy groups -OCH3 is 2. The molecule has 0 bridgehead atoms. The lowest BCUT2D eigenvalue weighted by Crippen LogP contribution is -2.60. The van der Waals surface area contributed by atoms with Gasteiger partial charge in [-0.05, 0) is 293 Å². The van der Waals surface area contributed by atoms with Gasteiger partial charge >= 0.3 is 11.9 Å². The maximum atomic E-state index is 13.9. The lowest BCUT2D eigenvalue weighted by molar-refractivity contribution is -0.184. The molecule has 33 atom stereocenters. The van der Waals surface area contributed by atoms with Crippen LogP contribution in [0.2, 0.25) is 109 Å². The zero-order chi connectivity index (χ0) is 112. The highest BCUT2D eigenvalue weighted by atomic mass is 28.4. The number of allylic oxidation sites excluding steroid dienone is 1. The predicted molar refractivity (Wildman–Crippen MR) is 625 cm³/mol. The highest BCUT2D eigenvalue weighted by Gasteiger charge is 2.57. The summed E-state index contributed by atoms with van der Waals surface area (Å²) in [7, 11) is -9.86. The van der Waals surface area contributed by atoms with E-state index < -0.39 is 68.2 Å². The van der Waals surface area contributed by atoms with Crippen molar-refractivity contribution >= 4 is 67.6 Å². The molecule has 0 aromatic rings. The van der Waals surface area contributed by atoms with Gasteiger partial charge in [0.1, 0.15) is 12.2 Å². The molecule has 0 aliphatic carbocycles. The molecule has 20 nitrogen and oxygen atoms in total. The number of rotatable bonds is 48. The average molecular weight is 2180 g/mol. The molecule has 0 radical (unpaired) electrons. The quantitative estimate of drug-likeness (QED) is 0.0259. The van der Waals surface area contributed by atoms with Crippen LogP contribution in [0.15, 0.2) is 98.2 Å². The average Bonchev–Trinajstić information content (AvgIpc) is 1.02. The lowest BCUT2D eigenvalue weighted by Gasteiger charge is -2.52. The van der Waals surface area contributed by atoms with Crippen LogP contribution in [0.4, 0.5) is 0 Å². The maximum Gasteiger partial charge on any atom is 0.305 e. The minimum Gasteiger partial charge on any atom is -0.469 e. The van der Waals surface area contributed by atoms with E-state index in [9.17, 15) is 19.5 Å². The van der Waals surface area contributed by atoms with Crippen LogP contribution in [0.5, 0.6) is 0 Å². The molecule has 8 fully saturated rings. The fourth-order valence-electron chi connectivity index (χ4n) is 21.4. The van der Waals surface area contributed by atoms with Crippen molar-refractivity contribution in [3.05, 3.63) is 98.2 Å². The molecule has 26 heteroatoms. The van der Waals surface area contributed by atoms with Gasteiger partial charge in [0, 0.05) is 44.3 Å². The van der Waals surface area contributed by atoms with Gasteiger partial charge in [0.2, 0.25) is 0 Å². The molecule has 8 saturated heterocycles. The molecule has 8 aliphatic heterocycles. The number of aliphatic hydroxyl groups is 1. The zero-order valence-electron chi connectivity index (χ0n) is 102. The number of carbonyl (C=O) groups is 3. The molecule has 0 saturated carbocycles. The monoisotopic (exact) mass is 2180 g/mol. The third kappa shape index (κ3) is 36.1. The fraction of sp³-hybridized carbons (Fsp3) is 0.844. The number of ketones is 1. The molecule has 0 spiro atoms. The first-order chi connectivity index (χ1) is 67.9. The molecule has 8 aliphatic rings. The molecule has 1 N–H and O–H groups in total. The summed E-state index contributed by atoms with van der Waals surface area (Å²) in [5, 5.41) is 11.9. The van der Waals surface area contributed by atoms with Crippen molar-refractivity contribution in [1.29, 1.82) is 0 Å². The second kappa shape index (κ2) is 54.4. The van der Waals surface area contributed by atoms with Gasteiger partial charge < -0.3 is 79.0 Å². The van der Waals surface area contributed by atoms with Gasteiger partial charge in [-0.15, -0.1) is 13.2 Å². The van der Waals surface area contributed by atoms with E-state index in [1.165, 1.54) is 14.2 Å². The second-order valence-electron chi connectivity index (χ2n) is 56.6. The Balaban J connectivity index is 0.000000401. The first-order valence-corrected chi connectivity index (χ1v) is 75.2. The molecule has 148 heavy (non-hydrogen) atoms. The van der Waals surface area contributed by atoms with Crippen molar-refractivity contribution in [2.75, 3.05) is 27.4 Å². The van der Waals surface area contributed by atoms with E-state index in [4.69, 9.17) is 73.9 Å².